The van der Waals surface area contributed by atoms with Crippen molar-refractivity contribution in [1.82, 2.24) is 4.53 Å². The number of hydrogen-bond donors (Lipinski definition) is 0. The van der Waals surface area contributed by atoms with Gasteiger partial charge in [0, 0.05) is 5.56 Å². The molecule has 0 amide bonds. The van der Waals surface area contributed by atoms with E-state index in [0.29, 0.717) is 22.2 Å². The smallest absolute Gasteiger partial charge is 0.204 e. The summed E-state index contributed by atoms with van der Waals surface area (Å²) in [5.41, 5.74) is 6.30. The fourth-order valence-electron chi connectivity index (χ4n) is 3.86. The number of alkyl halides is 2. The van der Waals surface area contributed by atoms with E-state index in [1.807, 2.05) is 6.92 Å². The summed E-state index contributed by atoms with van der Waals surface area (Å²) in [5, 5.41) is 0. The molecule has 0 radical (unpaired) electrons. The van der Waals surface area contributed by atoms with Gasteiger partial charge in [-0.3, -0.25) is 0 Å². The van der Waals surface area contributed by atoms with E-state index in [1.54, 1.807) is 12.1 Å². The Hall–Kier alpha value is -1.30. The molecule has 0 unspecified atom stereocenters. The standard InChI is InChI=1S/C20H30F3NO2SSi/c1-14(2)28(15(3)4,16(5)6)11-10-18-12-17(7)8-9-19(18)13-24(23)27(25,26)20(21)22/h8-9,12,14-16,20H,13H2,1-7H3. The quantitative estimate of drug-likeness (QED) is 0.309. The van der Waals surface area contributed by atoms with E-state index in [1.165, 1.54) is 6.07 Å². The highest BCUT2D eigenvalue weighted by molar-refractivity contribution is 7.89. The highest BCUT2D eigenvalue weighted by Crippen LogP contribution is 2.40. The molecule has 0 aliphatic rings. The van der Waals surface area contributed by atoms with Crippen LogP contribution < -0.4 is 0 Å². The number of nitrogens with zero attached hydrogens (tertiary/aromatic N) is 1. The maximum atomic E-state index is 14.0. The lowest BCUT2D eigenvalue weighted by Crippen LogP contribution is -2.43. The van der Waals surface area contributed by atoms with Crippen LogP contribution >= 0.6 is 0 Å². The van der Waals surface area contributed by atoms with Gasteiger partial charge in [-0.05, 0) is 45.3 Å². The topological polar surface area (TPSA) is 37.4 Å². The average molecular weight is 434 g/mol. The van der Waals surface area contributed by atoms with Gasteiger partial charge in [-0.1, -0.05) is 59.6 Å². The SMILES string of the molecule is Cc1ccc(CN(F)S(=O)(=O)C(F)F)c(C#C[Si](C(C)C)(C(C)C)C(C)C)c1. The molecule has 28 heavy (non-hydrogen) atoms. The number of sulfonamides is 1. The molecule has 158 valence electrons. The Labute approximate surface area is 168 Å². The van der Waals surface area contributed by atoms with Crippen LogP contribution in [0.25, 0.3) is 0 Å². The molecule has 0 N–H and O–H groups in total. The first-order valence-electron chi connectivity index (χ1n) is 9.35. The van der Waals surface area contributed by atoms with Gasteiger partial charge >= 0.3 is 15.8 Å². The van der Waals surface area contributed by atoms with Crippen LogP contribution in [0.1, 0.15) is 58.2 Å². The zero-order chi connectivity index (χ0) is 21.9. The normalized spacial score (nSPS) is 13.0. The van der Waals surface area contributed by atoms with E-state index < -0.39 is 34.9 Å². The van der Waals surface area contributed by atoms with Crippen molar-refractivity contribution in [2.45, 2.75) is 77.4 Å². The monoisotopic (exact) mass is 433 g/mol. The van der Waals surface area contributed by atoms with Crippen molar-refractivity contribution < 1.29 is 21.7 Å². The van der Waals surface area contributed by atoms with Gasteiger partial charge in [0.05, 0.1) is 6.54 Å². The van der Waals surface area contributed by atoms with Gasteiger partial charge in [-0.25, -0.2) is 8.42 Å². The molecule has 1 aromatic rings. The minimum absolute atomic E-state index is 0.268. The second-order valence-electron chi connectivity index (χ2n) is 8.06. The minimum Gasteiger partial charge on any atom is -0.204 e. The van der Waals surface area contributed by atoms with Gasteiger partial charge in [0.15, 0.2) is 0 Å². The molecular formula is C20H30F3NO2SSi. The third kappa shape index (κ3) is 5.19. The first-order chi connectivity index (χ1) is 12.8. The predicted octanol–water partition coefficient (Wildman–Crippen LogP) is 5.80. The van der Waals surface area contributed by atoms with E-state index in [4.69, 9.17) is 0 Å². The summed E-state index contributed by atoms with van der Waals surface area (Å²) < 4.78 is 61.1. The third-order valence-electron chi connectivity index (χ3n) is 5.34. The Morgan fingerprint density at radius 3 is 1.96 bits per heavy atom. The highest BCUT2D eigenvalue weighted by Gasteiger charge is 2.41. The summed E-state index contributed by atoms with van der Waals surface area (Å²) in [6, 6.07) is 4.96. The van der Waals surface area contributed by atoms with Crippen molar-refractivity contribution in [3.05, 3.63) is 34.9 Å². The molecule has 0 saturated carbocycles. The van der Waals surface area contributed by atoms with E-state index >= 15 is 0 Å². The van der Waals surface area contributed by atoms with Gasteiger partial charge in [0.1, 0.15) is 8.07 Å². The molecule has 0 aliphatic carbocycles. The molecule has 3 nitrogen and oxygen atoms in total. The molecule has 0 fully saturated rings. The molecule has 1 aromatic carbocycles. The number of benzene rings is 1. The zero-order valence-corrected chi connectivity index (χ0v) is 19.4. The van der Waals surface area contributed by atoms with Crippen molar-refractivity contribution >= 4 is 18.1 Å². The van der Waals surface area contributed by atoms with Crippen LogP contribution in [0.3, 0.4) is 0 Å². The Bertz CT molecular complexity index is 821. The Kier molecular flexibility index (Phi) is 8.36. The molecule has 0 aromatic heterocycles. The summed E-state index contributed by atoms with van der Waals surface area (Å²) in [5.74, 6) is -0.644. The summed E-state index contributed by atoms with van der Waals surface area (Å²) in [7, 11) is -7.34. The largest absolute Gasteiger partial charge is 0.352 e. The Morgan fingerprint density at radius 2 is 1.54 bits per heavy atom. The summed E-state index contributed by atoms with van der Waals surface area (Å²) in [6.45, 7) is 14.0. The van der Waals surface area contributed by atoms with E-state index in [9.17, 15) is 21.7 Å². The van der Waals surface area contributed by atoms with Gasteiger partial charge in [-0.2, -0.15) is 8.78 Å². The van der Waals surface area contributed by atoms with Crippen molar-refractivity contribution in [3.8, 4) is 11.5 Å². The lowest BCUT2D eigenvalue weighted by Gasteiger charge is -2.38. The second kappa shape index (κ2) is 9.46. The number of aryl methyl sites for hydroxylation is 1. The summed E-state index contributed by atoms with van der Waals surface area (Å²) >= 11 is 0. The fourth-order valence-corrected chi connectivity index (χ4v) is 9.57. The second-order valence-corrected chi connectivity index (χ2v) is 15.4. The average Bonchev–Trinajstić information content (AvgIpc) is 2.56. The molecule has 0 aliphatic heterocycles. The third-order valence-corrected chi connectivity index (χ3v) is 12.8. The van der Waals surface area contributed by atoms with Gasteiger partial charge in [-0.15, -0.1) is 10.0 Å². The lowest BCUT2D eigenvalue weighted by molar-refractivity contribution is 0.109. The van der Waals surface area contributed by atoms with Crippen LogP contribution in [-0.4, -0.2) is 26.8 Å². The van der Waals surface area contributed by atoms with Crippen molar-refractivity contribution in [1.29, 1.82) is 0 Å². The number of rotatable bonds is 7. The molecule has 1 rings (SSSR count). The number of halogens is 3. The molecule has 0 atom stereocenters. The fraction of sp³-hybridized carbons (Fsp3) is 0.600. The summed E-state index contributed by atoms with van der Waals surface area (Å²) in [4.78, 5) is 0. The predicted molar refractivity (Wildman–Crippen MR) is 111 cm³/mol. The Morgan fingerprint density at radius 1 is 1.04 bits per heavy atom. The molecule has 0 bridgehead atoms. The van der Waals surface area contributed by atoms with Crippen LogP contribution in [0.2, 0.25) is 16.6 Å². The zero-order valence-electron chi connectivity index (χ0n) is 17.6. The number of hydrogen-bond acceptors (Lipinski definition) is 2. The van der Waals surface area contributed by atoms with E-state index in [-0.39, 0.29) is 5.56 Å². The van der Waals surface area contributed by atoms with Crippen LogP contribution in [0.4, 0.5) is 13.3 Å². The molecule has 8 heteroatoms. The minimum atomic E-state index is -5.29. The first kappa shape index (κ1) is 24.7. The lowest BCUT2D eigenvalue weighted by atomic mass is 10.1. The maximum Gasteiger partial charge on any atom is 0.352 e. The van der Waals surface area contributed by atoms with Crippen molar-refractivity contribution in [2.24, 2.45) is 0 Å². The van der Waals surface area contributed by atoms with Crippen LogP contribution in [0, 0.1) is 18.4 Å². The van der Waals surface area contributed by atoms with Crippen LogP contribution in [-0.2, 0) is 16.6 Å². The maximum absolute atomic E-state index is 14.0. The first-order valence-corrected chi connectivity index (χ1v) is 13.1. The molecule has 0 spiro atoms. The Balaban J connectivity index is 3.45. The van der Waals surface area contributed by atoms with Crippen LogP contribution in [0.5, 0.6) is 0 Å². The molecule has 0 saturated heterocycles. The summed E-state index contributed by atoms with van der Waals surface area (Å²) in [6.07, 6.45) is 0. The van der Waals surface area contributed by atoms with Crippen molar-refractivity contribution in [3.63, 3.8) is 0 Å². The van der Waals surface area contributed by atoms with E-state index in [2.05, 4.69) is 53.0 Å². The highest BCUT2D eigenvalue weighted by atomic mass is 32.2. The van der Waals surface area contributed by atoms with Crippen LogP contribution in [0.15, 0.2) is 18.2 Å². The van der Waals surface area contributed by atoms with Gasteiger partial charge < -0.3 is 0 Å². The van der Waals surface area contributed by atoms with Gasteiger partial charge in [0.2, 0.25) is 0 Å². The van der Waals surface area contributed by atoms with Gasteiger partial charge in [0.25, 0.3) is 0 Å². The van der Waals surface area contributed by atoms with E-state index in [0.717, 1.165) is 5.56 Å². The molecular weight excluding hydrogens is 403 g/mol. The molecule has 0 heterocycles. The van der Waals surface area contributed by atoms with Crippen molar-refractivity contribution in [2.75, 3.05) is 0 Å².